The van der Waals surface area contributed by atoms with E-state index in [9.17, 15) is 19.5 Å². The fourth-order valence-corrected chi connectivity index (χ4v) is 6.65. The molecule has 2 bridgehead atoms. The first-order valence-corrected chi connectivity index (χ1v) is 13.7. The van der Waals surface area contributed by atoms with Gasteiger partial charge in [-0.3, -0.25) is 14.4 Å². The first-order valence-electron chi connectivity index (χ1n) is 13.7. The first-order chi connectivity index (χ1) is 18.8. The smallest absolute Gasteiger partial charge is 0.250 e. The van der Waals surface area contributed by atoms with Crippen molar-refractivity contribution >= 4 is 23.4 Å². The lowest BCUT2D eigenvalue weighted by Crippen LogP contribution is -2.57. The van der Waals surface area contributed by atoms with Crippen LogP contribution in [0.1, 0.15) is 38.7 Å². The molecule has 9 nitrogen and oxygen atoms in total. The van der Waals surface area contributed by atoms with Crippen molar-refractivity contribution in [3.8, 4) is 5.75 Å². The van der Waals surface area contributed by atoms with Gasteiger partial charge in [0.15, 0.2) is 0 Å². The fourth-order valence-electron chi connectivity index (χ4n) is 6.65. The average Bonchev–Trinajstić information content (AvgIpc) is 3.60. The van der Waals surface area contributed by atoms with Crippen LogP contribution >= 0.6 is 0 Å². The summed E-state index contributed by atoms with van der Waals surface area (Å²) in [4.78, 5) is 43.2. The second-order valence-corrected chi connectivity index (χ2v) is 10.9. The average molecular weight is 536 g/mol. The highest BCUT2D eigenvalue weighted by Crippen LogP contribution is 2.59. The number of benzene rings is 2. The summed E-state index contributed by atoms with van der Waals surface area (Å²) in [5.41, 5.74) is 0.383. The fraction of sp³-hybridized carbons (Fsp3) is 0.500. The number of amides is 3. The number of hydrogen-bond acceptors (Lipinski definition) is 6. The van der Waals surface area contributed by atoms with Gasteiger partial charge in [0.1, 0.15) is 17.4 Å². The molecule has 2 aromatic carbocycles. The van der Waals surface area contributed by atoms with E-state index in [2.05, 4.69) is 10.6 Å². The molecule has 3 heterocycles. The number of aliphatic hydroxyl groups is 1. The minimum atomic E-state index is -1.13. The van der Waals surface area contributed by atoms with Crippen molar-refractivity contribution in [1.82, 2.24) is 10.2 Å². The third kappa shape index (κ3) is 4.67. The zero-order valence-electron chi connectivity index (χ0n) is 22.6. The predicted molar refractivity (Wildman–Crippen MR) is 145 cm³/mol. The Kier molecular flexibility index (Phi) is 7.64. The number of carbonyl (C=O) groups is 3. The molecule has 3 amide bonds. The predicted octanol–water partition coefficient (Wildman–Crippen LogP) is 2.73. The van der Waals surface area contributed by atoms with Gasteiger partial charge in [-0.05, 0) is 48.6 Å². The van der Waals surface area contributed by atoms with E-state index in [1.807, 2.05) is 44.2 Å². The SMILES string of the molecule is CC[C@H](C)[C@H](CO)N1C(=O)[C@@H]2[C@H](C(=O)NCc3ccccc3)[C@@H]3CCC2(O3)C1C(=O)Nc1ccc(OC)cc1. The van der Waals surface area contributed by atoms with Gasteiger partial charge in [-0.15, -0.1) is 0 Å². The summed E-state index contributed by atoms with van der Waals surface area (Å²) in [5, 5.41) is 16.4. The van der Waals surface area contributed by atoms with E-state index in [4.69, 9.17) is 9.47 Å². The van der Waals surface area contributed by atoms with Crippen molar-refractivity contribution < 1.29 is 29.0 Å². The van der Waals surface area contributed by atoms with E-state index < -0.39 is 35.6 Å². The molecule has 0 radical (unpaired) electrons. The molecule has 3 fully saturated rings. The summed E-state index contributed by atoms with van der Waals surface area (Å²) in [6.07, 6.45) is 1.35. The Hall–Kier alpha value is -3.43. The Balaban J connectivity index is 1.46. The van der Waals surface area contributed by atoms with Crippen molar-refractivity contribution in [2.24, 2.45) is 17.8 Å². The van der Waals surface area contributed by atoms with Gasteiger partial charge in [0.25, 0.3) is 0 Å². The number of fused-ring (bicyclic) bond motifs is 1. The van der Waals surface area contributed by atoms with Crippen molar-refractivity contribution in [3.63, 3.8) is 0 Å². The number of ether oxygens (including phenoxy) is 2. The highest BCUT2D eigenvalue weighted by molar-refractivity contribution is 6.03. The Labute approximate surface area is 228 Å². The number of aliphatic hydroxyl groups excluding tert-OH is 1. The second kappa shape index (κ2) is 11.0. The van der Waals surface area contributed by atoms with E-state index in [-0.39, 0.29) is 30.2 Å². The maximum atomic E-state index is 14.2. The summed E-state index contributed by atoms with van der Waals surface area (Å²) in [6.45, 7) is 4.00. The maximum absolute atomic E-state index is 14.2. The molecule has 2 aromatic rings. The Morgan fingerprint density at radius 1 is 1.15 bits per heavy atom. The van der Waals surface area contributed by atoms with Crippen molar-refractivity contribution in [1.29, 1.82) is 0 Å². The van der Waals surface area contributed by atoms with Gasteiger partial charge in [0.05, 0.1) is 37.7 Å². The molecule has 5 rings (SSSR count). The molecule has 1 spiro atoms. The molecule has 39 heavy (non-hydrogen) atoms. The monoisotopic (exact) mass is 535 g/mol. The number of nitrogens with zero attached hydrogens (tertiary/aromatic N) is 1. The Morgan fingerprint density at radius 2 is 1.87 bits per heavy atom. The third-order valence-electron chi connectivity index (χ3n) is 8.80. The number of likely N-dealkylation sites (tertiary alicyclic amines) is 1. The number of rotatable bonds is 10. The number of carbonyl (C=O) groups excluding carboxylic acids is 3. The quantitative estimate of drug-likeness (QED) is 0.431. The number of hydrogen-bond donors (Lipinski definition) is 3. The summed E-state index contributed by atoms with van der Waals surface area (Å²) in [7, 11) is 1.57. The topological polar surface area (TPSA) is 117 Å². The third-order valence-corrected chi connectivity index (χ3v) is 8.80. The molecule has 208 valence electrons. The van der Waals surface area contributed by atoms with Crippen molar-refractivity contribution in [2.75, 3.05) is 19.0 Å². The highest BCUT2D eigenvalue weighted by Gasteiger charge is 2.75. The van der Waals surface area contributed by atoms with E-state index >= 15 is 0 Å². The van der Waals surface area contributed by atoms with Gasteiger partial charge < -0.3 is 30.1 Å². The molecule has 3 saturated heterocycles. The van der Waals surface area contributed by atoms with E-state index in [0.29, 0.717) is 37.2 Å². The van der Waals surface area contributed by atoms with Crippen molar-refractivity contribution in [2.45, 2.75) is 63.4 Å². The number of anilines is 1. The minimum Gasteiger partial charge on any atom is -0.497 e. The zero-order chi connectivity index (χ0) is 27.7. The lowest BCUT2D eigenvalue weighted by molar-refractivity contribution is -0.145. The van der Waals surface area contributed by atoms with E-state index in [1.165, 1.54) is 4.90 Å². The lowest BCUT2D eigenvalue weighted by Gasteiger charge is -2.38. The lowest BCUT2D eigenvalue weighted by atomic mass is 9.70. The molecular weight excluding hydrogens is 498 g/mol. The maximum Gasteiger partial charge on any atom is 0.250 e. The minimum absolute atomic E-state index is 0.0620. The molecule has 9 heteroatoms. The van der Waals surface area contributed by atoms with Gasteiger partial charge in [0.2, 0.25) is 17.7 Å². The van der Waals surface area contributed by atoms with Gasteiger partial charge >= 0.3 is 0 Å². The normalized spacial score (nSPS) is 28.6. The van der Waals surface area contributed by atoms with Crippen LogP contribution in [0.25, 0.3) is 0 Å². The number of methoxy groups -OCH3 is 1. The summed E-state index contributed by atoms with van der Waals surface area (Å²) < 4.78 is 11.7. The summed E-state index contributed by atoms with van der Waals surface area (Å²) in [6, 6.07) is 15.0. The van der Waals surface area contributed by atoms with Crippen LogP contribution in [0.4, 0.5) is 5.69 Å². The van der Waals surface area contributed by atoms with Gasteiger partial charge in [0, 0.05) is 12.2 Å². The van der Waals surface area contributed by atoms with E-state index in [0.717, 1.165) is 5.56 Å². The molecule has 7 atom stereocenters. The van der Waals surface area contributed by atoms with Gasteiger partial charge in [-0.2, -0.15) is 0 Å². The summed E-state index contributed by atoms with van der Waals surface area (Å²) in [5.74, 6) is -1.83. The molecule has 0 saturated carbocycles. The largest absolute Gasteiger partial charge is 0.497 e. The molecule has 3 N–H and O–H groups in total. The van der Waals surface area contributed by atoms with Crippen LogP contribution in [0.15, 0.2) is 54.6 Å². The zero-order valence-corrected chi connectivity index (χ0v) is 22.6. The Bertz CT molecular complexity index is 1200. The number of nitrogens with one attached hydrogen (secondary N) is 2. The molecule has 3 aliphatic heterocycles. The highest BCUT2D eigenvalue weighted by atomic mass is 16.5. The van der Waals surface area contributed by atoms with Crippen LogP contribution in [0.5, 0.6) is 5.75 Å². The second-order valence-electron chi connectivity index (χ2n) is 10.9. The first kappa shape index (κ1) is 27.1. The molecular formula is C30H37N3O6. The molecule has 0 aliphatic carbocycles. The van der Waals surface area contributed by atoms with Crippen molar-refractivity contribution in [3.05, 3.63) is 60.2 Å². The van der Waals surface area contributed by atoms with Crippen LogP contribution in [0.3, 0.4) is 0 Å². The van der Waals surface area contributed by atoms with Crippen LogP contribution in [0.2, 0.25) is 0 Å². The van der Waals surface area contributed by atoms with E-state index in [1.54, 1.807) is 31.4 Å². The molecule has 0 aromatic heterocycles. The van der Waals surface area contributed by atoms with Crippen LogP contribution < -0.4 is 15.4 Å². The molecule has 2 unspecified atom stereocenters. The van der Waals surface area contributed by atoms with Gasteiger partial charge in [-0.1, -0.05) is 50.6 Å². The van der Waals surface area contributed by atoms with Gasteiger partial charge in [-0.25, -0.2) is 0 Å². The van der Waals surface area contributed by atoms with Crippen LogP contribution in [0, 0.1) is 17.8 Å². The summed E-state index contributed by atoms with van der Waals surface area (Å²) >= 11 is 0. The van der Waals surface area contributed by atoms with Crippen LogP contribution in [-0.4, -0.2) is 65.2 Å². The Morgan fingerprint density at radius 3 is 2.51 bits per heavy atom. The van der Waals surface area contributed by atoms with Crippen LogP contribution in [-0.2, 0) is 25.7 Å². The standard InChI is InChI=1S/C30H37N3O6/c1-4-18(2)22(17-34)33-26(28(36)32-20-10-12-21(38-3)13-11-20)30-15-14-23(39-30)24(25(30)29(33)37)27(35)31-16-19-8-6-5-7-9-19/h5-13,18,22-26,34H,4,14-17H2,1-3H3,(H,31,35)(H,32,36)/t18-,22-,23-,24+,25-,26?,30?/m0/s1. The molecule has 3 aliphatic rings.